The van der Waals surface area contributed by atoms with Gasteiger partial charge in [0, 0.05) is 11.8 Å². The summed E-state index contributed by atoms with van der Waals surface area (Å²) in [5, 5.41) is 9.70. The van der Waals surface area contributed by atoms with Gasteiger partial charge in [0.15, 0.2) is 22.1 Å². The second-order valence-electron chi connectivity index (χ2n) is 10.3. The molecule has 10 nitrogen and oxygen atoms in total. The Morgan fingerprint density at radius 3 is 2.30 bits per heavy atom. The number of fused-ring (bicyclic) bond motifs is 1. The molecule has 0 saturated carbocycles. The monoisotopic (exact) mass is 648 g/mol. The summed E-state index contributed by atoms with van der Waals surface area (Å²) in [7, 11) is -3.78. The van der Waals surface area contributed by atoms with Crippen LogP contribution in [0.15, 0.2) is 42.5 Å². The molecule has 0 radical (unpaired) electrons. The van der Waals surface area contributed by atoms with Gasteiger partial charge in [-0.25, -0.2) is 8.42 Å². The van der Waals surface area contributed by atoms with Crippen molar-refractivity contribution in [1.82, 2.24) is 15.1 Å². The first-order valence-electron chi connectivity index (χ1n) is 12.9. The van der Waals surface area contributed by atoms with Gasteiger partial charge in [0.2, 0.25) is 5.91 Å². The smallest absolute Gasteiger partial charge is 0.484 e. The fraction of sp³-hybridized carbons (Fsp3) is 0.370. The molecule has 1 aliphatic rings. The summed E-state index contributed by atoms with van der Waals surface area (Å²) in [4.78, 5) is 26.2. The maximum atomic E-state index is 13.6. The van der Waals surface area contributed by atoms with Crippen LogP contribution in [0.5, 0.6) is 11.5 Å². The molecule has 17 heteroatoms. The molecule has 3 aromatic rings. The maximum absolute atomic E-state index is 13.6. The van der Waals surface area contributed by atoms with E-state index in [9.17, 15) is 44.3 Å². The molecular weight excluding hydrogens is 622 g/mol. The molecule has 44 heavy (non-hydrogen) atoms. The fourth-order valence-corrected chi connectivity index (χ4v) is 5.36. The number of alkyl halides is 6. The number of anilines is 1. The molecule has 2 N–H and O–H groups in total. The Hall–Kier alpha value is -4.28. The molecule has 238 valence electrons. The SMILES string of the molecule is CCc1cc(OCC(F)(F)F)ccc1[C@@]1(C)Cn2nc(-c3ccc(OC(F)(F)F)cc3)c(NC(=O)CS(C)(=O)=O)c2C(=O)N1. The van der Waals surface area contributed by atoms with Gasteiger partial charge in [-0.1, -0.05) is 13.0 Å². The van der Waals surface area contributed by atoms with Gasteiger partial charge in [0.25, 0.3) is 5.91 Å². The van der Waals surface area contributed by atoms with Crippen LogP contribution in [0.1, 0.15) is 35.5 Å². The van der Waals surface area contributed by atoms with E-state index in [1.165, 1.54) is 35.0 Å². The molecule has 1 aromatic heterocycles. The Kier molecular flexibility index (Phi) is 8.65. The lowest BCUT2D eigenvalue weighted by molar-refractivity contribution is -0.274. The van der Waals surface area contributed by atoms with Crippen LogP contribution in [0.25, 0.3) is 11.3 Å². The van der Waals surface area contributed by atoms with Crippen molar-refractivity contribution in [2.24, 2.45) is 0 Å². The molecule has 0 bridgehead atoms. The van der Waals surface area contributed by atoms with E-state index in [1.54, 1.807) is 13.8 Å². The number of aryl methyl sites for hydroxylation is 1. The van der Waals surface area contributed by atoms with Crippen LogP contribution in [0.4, 0.5) is 32.0 Å². The molecule has 0 aliphatic carbocycles. The van der Waals surface area contributed by atoms with Crippen molar-refractivity contribution in [1.29, 1.82) is 0 Å². The molecule has 2 aromatic carbocycles. The number of rotatable bonds is 9. The van der Waals surface area contributed by atoms with Gasteiger partial charge in [0.1, 0.15) is 28.6 Å². The Balaban J connectivity index is 1.75. The minimum Gasteiger partial charge on any atom is -0.484 e. The van der Waals surface area contributed by atoms with E-state index >= 15 is 0 Å². The van der Waals surface area contributed by atoms with Crippen LogP contribution in [0, 0.1) is 0 Å². The summed E-state index contributed by atoms with van der Waals surface area (Å²) >= 11 is 0. The highest BCUT2D eigenvalue weighted by atomic mass is 32.2. The quantitative estimate of drug-likeness (QED) is 0.325. The van der Waals surface area contributed by atoms with E-state index in [0.29, 0.717) is 17.5 Å². The number of hydrogen-bond acceptors (Lipinski definition) is 7. The molecule has 0 unspecified atom stereocenters. The largest absolute Gasteiger partial charge is 0.573 e. The highest BCUT2D eigenvalue weighted by molar-refractivity contribution is 7.91. The summed E-state index contributed by atoms with van der Waals surface area (Å²) in [6.07, 6.45) is -8.28. The van der Waals surface area contributed by atoms with Gasteiger partial charge in [-0.15, -0.1) is 13.2 Å². The van der Waals surface area contributed by atoms with Crippen LogP contribution >= 0.6 is 0 Å². The summed E-state index contributed by atoms with van der Waals surface area (Å²) in [5.41, 5.74) is -0.235. The van der Waals surface area contributed by atoms with Crippen molar-refractivity contribution >= 4 is 27.3 Å². The number of carbonyl (C=O) groups is 2. The molecule has 2 heterocycles. The van der Waals surface area contributed by atoms with E-state index < -0.39 is 57.8 Å². The lowest BCUT2D eigenvalue weighted by Crippen LogP contribution is -2.52. The van der Waals surface area contributed by atoms with Crippen LogP contribution in [0.2, 0.25) is 0 Å². The van der Waals surface area contributed by atoms with Crippen LogP contribution in [-0.4, -0.2) is 61.2 Å². The fourth-order valence-electron chi connectivity index (χ4n) is 4.81. The van der Waals surface area contributed by atoms with Gasteiger partial charge >= 0.3 is 12.5 Å². The number of carbonyl (C=O) groups excluding carboxylic acids is 2. The van der Waals surface area contributed by atoms with Crippen molar-refractivity contribution in [3.05, 3.63) is 59.3 Å². The predicted octanol–water partition coefficient (Wildman–Crippen LogP) is 4.59. The van der Waals surface area contributed by atoms with Crippen molar-refractivity contribution in [2.75, 3.05) is 23.9 Å². The van der Waals surface area contributed by atoms with Gasteiger partial charge < -0.3 is 20.1 Å². The van der Waals surface area contributed by atoms with E-state index in [1.807, 2.05) is 0 Å². The second kappa shape index (κ2) is 11.7. The van der Waals surface area contributed by atoms with Gasteiger partial charge in [-0.2, -0.15) is 18.3 Å². The summed E-state index contributed by atoms with van der Waals surface area (Å²) in [6.45, 7) is 1.89. The number of hydrogen-bond donors (Lipinski definition) is 2. The van der Waals surface area contributed by atoms with Gasteiger partial charge in [-0.05, 0) is 60.9 Å². The molecule has 0 saturated heterocycles. The second-order valence-corrected chi connectivity index (χ2v) is 12.4. The van der Waals surface area contributed by atoms with Crippen molar-refractivity contribution in [3.63, 3.8) is 0 Å². The zero-order chi connectivity index (χ0) is 32.7. The minimum atomic E-state index is -4.94. The predicted molar refractivity (Wildman–Crippen MR) is 145 cm³/mol. The first kappa shape index (κ1) is 32.6. The van der Waals surface area contributed by atoms with Crippen LogP contribution in [-0.2, 0) is 33.1 Å². The first-order chi connectivity index (χ1) is 20.3. The topological polar surface area (TPSA) is 129 Å². The maximum Gasteiger partial charge on any atom is 0.573 e. The number of nitrogens with zero attached hydrogens (tertiary/aromatic N) is 2. The zero-order valence-corrected chi connectivity index (χ0v) is 24.2. The lowest BCUT2D eigenvalue weighted by atomic mass is 9.85. The van der Waals surface area contributed by atoms with Crippen molar-refractivity contribution in [2.45, 2.75) is 44.9 Å². The number of aromatic nitrogens is 2. The van der Waals surface area contributed by atoms with Crippen molar-refractivity contribution in [3.8, 4) is 22.8 Å². The van der Waals surface area contributed by atoms with Crippen LogP contribution in [0.3, 0.4) is 0 Å². The number of ether oxygens (including phenoxy) is 2. The van der Waals surface area contributed by atoms with E-state index in [4.69, 9.17) is 4.74 Å². The highest BCUT2D eigenvalue weighted by Gasteiger charge is 2.41. The Bertz CT molecular complexity index is 1690. The van der Waals surface area contributed by atoms with Gasteiger partial charge in [-0.3, -0.25) is 14.3 Å². The average Bonchev–Trinajstić information content (AvgIpc) is 3.22. The van der Waals surface area contributed by atoms with Gasteiger partial charge in [0.05, 0.1) is 12.1 Å². The molecule has 1 aliphatic heterocycles. The third-order valence-corrected chi connectivity index (χ3v) is 7.28. The molecule has 0 spiro atoms. The summed E-state index contributed by atoms with van der Waals surface area (Å²) in [5.74, 6) is -3.19. The molecule has 0 fully saturated rings. The molecule has 4 rings (SSSR count). The number of sulfone groups is 1. The number of nitrogens with one attached hydrogen (secondary N) is 2. The van der Waals surface area contributed by atoms with E-state index in [2.05, 4.69) is 20.5 Å². The Morgan fingerprint density at radius 2 is 1.73 bits per heavy atom. The zero-order valence-electron chi connectivity index (χ0n) is 23.4. The normalized spacial score (nSPS) is 17.1. The third-order valence-electron chi connectivity index (χ3n) is 6.50. The average molecular weight is 649 g/mol. The highest BCUT2D eigenvalue weighted by Crippen LogP contribution is 2.38. The number of amides is 2. The standard InChI is InChI=1S/C27H26F6N4O6S/c1-4-15-11-18(42-14-26(28,29)30)9-10-19(15)25(2)13-37-23(24(39)35-25)22(34-20(38)12-44(3,40)41)21(36-37)16-5-7-17(8-6-16)43-27(31,32)33/h5-11H,4,12-14H2,1-3H3,(H,34,38)(H,35,39)/t25-/m1/s1. The van der Waals surface area contributed by atoms with Crippen LogP contribution < -0.4 is 20.1 Å². The first-order valence-corrected chi connectivity index (χ1v) is 14.9. The molecule has 2 amide bonds. The Labute approximate surface area is 247 Å². The minimum absolute atomic E-state index is 0.0236. The lowest BCUT2D eigenvalue weighted by Gasteiger charge is -2.37. The van der Waals surface area contributed by atoms with E-state index in [0.717, 1.165) is 18.4 Å². The Morgan fingerprint density at radius 1 is 1.09 bits per heavy atom. The number of benzene rings is 2. The molecule has 1 atom stereocenters. The molecular formula is C27H26F6N4O6S. The summed E-state index contributed by atoms with van der Waals surface area (Å²) < 4.78 is 109. The third kappa shape index (κ3) is 7.81. The summed E-state index contributed by atoms with van der Waals surface area (Å²) in [6, 6.07) is 8.73. The van der Waals surface area contributed by atoms with Crippen molar-refractivity contribution < 1.29 is 53.8 Å². The van der Waals surface area contributed by atoms with E-state index in [-0.39, 0.29) is 34.9 Å². The number of halogens is 6.